The van der Waals surface area contributed by atoms with Gasteiger partial charge >= 0.3 is 0 Å². The number of sulfonamides is 1. The van der Waals surface area contributed by atoms with Gasteiger partial charge in [-0.25, -0.2) is 13.4 Å². The zero-order chi connectivity index (χ0) is 21.1. The number of anilines is 3. The van der Waals surface area contributed by atoms with E-state index in [1.165, 1.54) is 0 Å². The first-order valence-corrected chi connectivity index (χ1v) is 12.1. The summed E-state index contributed by atoms with van der Waals surface area (Å²) in [5.74, 6) is 1.06. The lowest BCUT2D eigenvalue weighted by Crippen LogP contribution is -2.40. The van der Waals surface area contributed by atoms with Gasteiger partial charge in [0.05, 0.1) is 17.9 Å². The molecule has 11 heteroatoms. The smallest absolute Gasteiger partial charge is 0.256 e. The minimum Gasteiger partial charge on any atom is -0.388 e. The maximum absolute atomic E-state index is 11.3. The van der Waals surface area contributed by atoms with Crippen LogP contribution in [0.15, 0.2) is 39.1 Å². The van der Waals surface area contributed by atoms with Gasteiger partial charge in [0, 0.05) is 16.8 Å². The Morgan fingerprint density at radius 3 is 2.43 bits per heavy atom. The molecule has 0 aliphatic rings. The van der Waals surface area contributed by atoms with E-state index in [0.717, 1.165) is 22.3 Å². The summed E-state index contributed by atoms with van der Waals surface area (Å²) in [5, 5.41) is 16.5. The number of hydrogen-bond donors (Lipinski definition) is 3. The van der Waals surface area contributed by atoms with Crippen LogP contribution in [0.3, 0.4) is 0 Å². The van der Waals surface area contributed by atoms with Crippen molar-refractivity contribution in [3.8, 4) is 0 Å². The molecule has 1 heterocycles. The monoisotopic (exact) mass is 423 g/mol. The number of rotatable bonds is 7. The minimum absolute atomic E-state index is 0.200. The van der Waals surface area contributed by atoms with Crippen LogP contribution in [0.25, 0.3) is 0 Å². The van der Waals surface area contributed by atoms with Crippen molar-refractivity contribution in [2.75, 3.05) is 23.1 Å². The van der Waals surface area contributed by atoms with Crippen LogP contribution in [0.4, 0.5) is 17.5 Å². The molecule has 0 fully saturated rings. The van der Waals surface area contributed by atoms with Gasteiger partial charge in [0.1, 0.15) is 13.7 Å². The second kappa shape index (κ2) is 8.58. The lowest BCUT2D eigenvalue weighted by atomic mass is 9.96. The second-order valence-electron chi connectivity index (χ2n) is 7.18. The fourth-order valence-corrected chi connectivity index (χ4v) is 4.64. The van der Waals surface area contributed by atoms with Crippen LogP contribution < -0.4 is 16.1 Å². The Morgan fingerprint density at radius 2 is 1.89 bits per heavy atom. The average Bonchev–Trinajstić information content (AvgIpc) is 2.56. The number of nitrogens with one attached hydrogen (secondary N) is 2. The average molecular weight is 423 g/mol. The van der Waals surface area contributed by atoms with Crippen molar-refractivity contribution in [2.45, 2.75) is 37.3 Å². The summed E-state index contributed by atoms with van der Waals surface area (Å²) >= 11 is 0. The molecule has 1 aromatic heterocycles. The number of aromatic nitrogens is 2. The largest absolute Gasteiger partial charge is 0.388 e. The maximum Gasteiger partial charge on any atom is 0.256 e. The molecule has 1 unspecified atom stereocenters. The molecule has 152 valence electrons. The van der Waals surface area contributed by atoms with E-state index in [2.05, 4.69) is 24.4 Å². The predicted molar refractivity (Wildman–Crippen MR) is 118 cm³/mol. The van der Waals surface area contributed by atoms with Crippen molar-refractivity contribution in [3.05, 3.63) is 30.5 Å². The van der Waals surface area contributed by atoms with Crippen molar-refractivity contribution in [1.29, 1.82) is 0 Å². The highest BCUT2D eigenvalue weighted by Crippen LogP contribution is 2.18. The van der Waals surface area contributed by atoms with E-state index >= 15 is 0 Å². The molecule has 2 rings (SSSR count). The van der Waals surface area contributed by atoms with E-state index in [9.17, 15) is 13.5 Å². The van der Waals surface area contributed by atoms with E-state index in [-0.39, 0.29) is 6.04 Å². The third-order valence-corrected chi connectivity index (χ3v) is 7.02. The van der Waals surface area contributed by atoms with Crippen LogP contribution in [-0.2, 0) is 20.7 Å². The van der Waals surface area contributed by atoms with Gasteiger partial charge in [0.15, 0.2) is 0 Å². The Bertz CT molecular complexity index is 973. The third kappa shape index (κ3) is 6.57. The van der Waals surface area contributed by atoms with Gasteiger partial charge in [-0.15, -0.1) is 3.77 Å². The highest BCUT2D eigenvalue weighted by molar-refractivity contribution is 7.99. The molecule has 0 bridgehead atoms. The van der Waals surface area contributed by atoms with Crippen LogP contribution in [0.1, 0.15) is 20.8 Å². The minimum atomic E-state index is -3.38. The Balaban J connectivity index is 2.18. The standard InChI is InChI=1S/C17H26BN5O3S2/c1-11(17(2,3)24)20-15-14(18)10-19-16(22-15)21-12-6-8-13(9-7-12)27(4)23-28(5,25)26/h6-11,24H,18H2,1-5H3,(H2,19,20,21,22)/t11-,27?/m1/s1. The van der Waals surface area contributed by atoms with Gasteiger partial charge in [-0.1, -0.05) is 10.7 Å². The van der Waals surface area contributed by atoms with Gasteiger partial charge in [-0.2, -0.15) is 4.98 Å². The molecule has 8 nitrogen and oxygen atoms in total. The van der Waals surface area contributed by atoms with Gasteiger partial charge in [0.2, 0.25) is 5.95 Å². The molecule has 2 aromatic rings. The van der Waals surface area contributed by atoms with Gasteiger partial charge in [0.25, 0.3) is 10.0 Å². The first kappa shape index (κ1) is 22.3. The lowest BCUT2D eigenvalue weighted by molar-refractivity contribution is 0.0648. The molecule has 0 saturated carbocycles. The Labute approximate surface area is 169 Å². The molecule has 1 aromatic carbocycles. The lowest BCUT2D eigenvalue weighted by Gasteiger charge is -2.27. The van der Waals surface area contributed by atoms with Crippen LogP contribution in [0, 0.1) is 0 Å². The summed E-state index contributed by atoms with van der Waals surface area (Å²) in [5.41, 5.74) is 0.745. The van der Waals surface area contributed by atoms with Crippen LogP contribution in [-0.4, -0.2) is 55.5 Å². The van der Waals surface area contributed by atoms with Crippen LogP contribution >= 0.6 is 0 Å². The number of aliphatic hydroxyl groups is 1. The molecule has 0 saturated heterocycles. The molecule has 0 aliphatic heterocycles. The highest BCUT2D eigenvalue weighted by atomic mass is 32.3. The van der Waals surface area contributed by atoms with Crippen LogP contribution in [0.5, 0.6) is 0 Å². The van der Waals surface area contributed by atoms with Crippen molar-refractivity contribution in [2.24, 2.45) is 3.77 Å². The summed E-state index contributed by atoms with van der Waals surface area (Å²) < 4.78 is 26.4. The predicted octanol–water partition coefficient (Wildman–Crippen LogP) is 0.800. The van der Waals surface area contributed by atoms with Crippen molar-refractivity contribution < 1.29 is 13.5 Å². The molecule has 3 N–H and O–H groups in total. The number of nitrogens with zero attached hydrogens (tertiary/aromatic N) is 3. The van der Waals surface area contributed by atoms with Crippen LogP contribution in [0.2, 0.25) is 0 Å². The molecule has 2 atom stereocenters. The maximum atomic E-state index is 11.3. The van der Waals surface area contributed by atoms with E-state index < -0.39 is 26.3 Å². The SMILES string of the molecule is Bc1cnc(Nc2ccc(S(C)=NS(C)(=O)=O)cc2)nc1N[C@H](C)C(C)(C)O. The van der Waals surface area contributed by atoms with E-state index in [4.69, 9.17) is 0 Å². The van der Waals surface area contributed by atoms with E-state index in [0.29, 0.717) is 11.8 Å². The molecule has 0 spiro atoms. The van der Waals surface area contributed by atoms with E-state index in [1.54, 1.807) is 26.3 Å². The zero-order valence-corrected chi connectivity index (χ0v) is 18.5. The zero-order valence-electron chi connectivity index (χ0n) is 16.9. The quantitative estimate of drug-likeness (QED) is 0.564. The third-order valence-electron chi connectivity index (χ3n) is 4.08. The first-order valence-electron chi connectivity index (χ1n) is 8.64. The summed E-state index contributed by atoms with van der Waals surface area (Å²) in [6.45, 7) is 5.36. The molecule has 0 amide bonds. The van der Waals surface area contributed by atoms with Crippen molar-refractivity contribution in [1.82, 2.24) is 9.97 Å². The Hall–Kier alpha value is -1.98. The Morgan fingerprint density at radius 1 is 1.29 bits per heavy atom. The first-order chi connectivity index (χ1) is 12.8. The molecular formula is C17H26BN5O3S2. The normalized spacial score (nSPS) is 14.5. The van der Waals surface area contributed by atoms with Crippen molar-refractivity contribution in [3.63, 3.8) is 0 Å². The highest BCUT2D eigenvalue weighted by Gasteiger charge is 2.23. The molecular weight excluding hydrogens is 397 g/mol. The van der Waals surface area contributed by atoms with Crippen molar-refractivity contribution >= 4 is 51.5 Å². The Kier molecular flexibility index (Phi) is 6.84. The van der Waals surface area contributed by atoms with Gasteiger partial charge in [-0.3, -0.25) is 0 Å². The number of hydrogen-bond acceptors (Lipinski definition) is 7. The summed E-state index contributed by atoms with van der Waals surface area (Å²) in [6.07, 6.45) is 4.55. The van der Waals surface area contributed by atoms with Gasteiger partial charge in [-0.05, 0) is 56.8 Å². The molecule has 28 heavy (non-hydrogen) atoms. The summed E-state index contributed by atoms with van der Waals surface area (Å²) in [6, 6.07) is 7.10. The molecule has 0 aliphatic carbocycles. The fourth-order valence-electron chi connectivity index (χ4n) is 2.14. The van der Waals surface area contributed by atoms with E-state index in [1.807, 2.05) is 39.0 Å². The fraction of sp³-hybridized carbons (Fsp3) is 0.412. The number of benzene rings is 1. The summed E-state index contributed by atoms with van der Waals surface area (Å²) in [4.78, 5) is 9.60. The van der Waals surface area contributed by atoms with Gasteiger partial charge < -0.3 is 15.7 Å². The molecule has 0 radical (unpaired) electrons. The second-order valence-corrected chi connectivity index (χ2v) is 10.7. The topological polar surface area (TPSA) is 117 Å². The summed E-state index contributed by atoms with van der Waals surface area (Å²) in [7, 11) is -2.22.